The minimum absolute atomic E-state index is 0.0250. The molecule has 0 bridgehead atoms. The maximum atomic E-state index is 13.6. The Hall–Kier alpha value is -3.86. The first kappa shape index (κ1) is 24.8. The van der Waals surface area contributed by atoms with Crippen LogP contribution in [0.25, 0.3) is 5.69 Å². The van der Waals surface area contributed by atoms with Crippen LogP contribution in [0.2, 0.25) is 0 Å². The molecule has 1 amide bonds. The summed E-state index contributed by atoms with van der Waals surface area (Å²) in [5.74, 6) is -0.961. The number of hydrogen-bond donors (Lipinski definition) is 1. The molecule has 0 saturated carbocycles. The summed E-state index contributed by atoms with van der Waals surface area (Å²) < 4.78 is 56.6. The number of ether oxygens (including phenoxy) is 3. The molecule has 0 radical (unpaired) electrons. The van der Waals surface area contributed by atoms with Gasteiger partial charge in [0.15, 0.2) is 5.69 Å². The topological polar surface area (TPSA) is 91.7 Å². The molecule has 1 aromatic heterocycles. The van der Waals surface area contributed by atoms with Gasteiger partial charge in [0.05, 0.1) is 25.1 Å². The molecule has 3 rings (SSSR count). The van der Waals surface area contributed by atoms with Crippen molar-refractivity contribution in [1.82, 2.24) is 9.78 Å². The van der Waals surface area contributed by atoms with Gasteiger partial charge in [-0.05, 0) is 55.5 Å². The molecule has 0 fully saturated rings. The second-order valence-electron chi connectivity index (χ2n) is 6.90. The highest BCUT2D eigenvalue weighted by molar-refractivity contribution is 6.04. The normalized spacial score (nSPS) is 11.2. The van der Waals surface area contributed by atoms with Crippen molar-refractivity contribution in [3.8, 4) is 11.4 Å². The third-order valence-corrected chi connectivity index (χ3v) is 4.58. The molecule has 0 spiro atoms. The van der Waals surface area contributed by atoms with E-state index < -0.39 is 29.3 Å². The van der Waals surface area contributed by atoms with Gasteiger partial charge in [-0.3, -0.25) is 4.79 Å². The van der Waals surface area contributed by atoms with Gasteiger partial charge in [0.2, 0.25) is 0 Å². The summed E-state index contributed by atoms with van der Waals surface area (Å²) in [6, 6.07) is 12.0. The van der Waals surface area contributed by atoms with E-state index in [1.54, 1.807) is 31.4 Å². The van der Waals surface area contributed by atoms with E-state index in [2.05, 4.69) is 10.4 Å². The van der Waals surface area contributed by atoms with Crippen LogP contribution < -0.4 is 10.1 Å². The molecule has 2 aromatic carbocycles. The lowest BCUT2D eigenvalue weighted by Gasteiger charge is -2.13. The van der Waals surface area contributed by atoms with Crippen molar-refractivity contribution in [1.29, 1.82) is 0 Å². The zero-order chi connectivity index (χ0) is 24.7. The highest BCUT2D eigenvalue weighted by Gasteiger charge is 2.41. The number of hydrogen-bond acceptors (Lipinski definition) is 6. The molecule has 0 aliphatic heterocycles. The zero-order valence-corrected chi connectivity index (χ0v) is 18.4. The predicted octanol–water partition coefficient (Wildman–Crippen LogP) is 4.35. The number of benzene rings is 2. The number of esters is 1. The van der Waals surface area contributed by atoms with Crippen LogP contribution in [0.5, 0.6) is 5.75 Å². The van der Waals surface area contributed by atoms with E-state index in [-0.39, 0.29) is 17.9 Å². The Kier molecular flexibility index (Phi) is 7.90. The molecule has 11 heteroatoms. The van der Waals surface area contributed by atoms with Crippen molar-refractivity contribution in [3.63, 3.8) is 0 Å². The van der Waals surface area contributed by atoms with Crippen molar-refractivity contribution in [2.24, 2.45) is 0 Å². The summed E-state index contributed by atoms with van der Waals surface area (Å²) in [5.41, 5.74) is -1.19. The fourth-order valence-corrected chi connectivity index (χ4v) is 3.01. The number of amides is 1. The summed E-state index contributed by atoms with van der Waals surface area (Å²) in [4.78, 5) is 24.4. The van der Waals surface area contributed by atoms with E-state index in [0.717, 1.165) is 6.20 Å². The fraction of sp³-hybridized carbons (Fsp3) is 0.261. The Balaban J connectivity index is 1.75. The molecule has 0 aliphatic rings. The molecule has 1 N–H and O–H groups in total. The number of carbonyl (C=O) groups is 2. The number of alkyl halides is 3. The van der Waals surface area contributed by atoms with Gasteiger partial charge in [-0.15, -0.1) is 0 Å². The van der Waals surface area contributed by atoms with Gasteiger partial charge >= 0.3 is 12.1 Å². The molecule has 34 heavy (non-hydrogen) atoms. The van der Waals surface area contributed by atoms with Gasteiger partial charge in [-0.2, -0.15) is 18.3 Å². The minimum atomic E-state index is -4.85. The van der Waals surface area contributed by atoms with E-state index in [0.29, 0.717) is 29.3 Å². The second-order valence-corrected chi connectivity index (χ2v) is 6.90. The van der Waals surface area contributed by atoms with Crippen LogP contribution in [0, 0.1) is 0 Å². The predicted molar refractivity (Wildman–Crippen MR) is 116 cm³/mol. The number of aromatic nitrogens is 2. The van der Waals surface area contributed by atoms with Crippen LogP contribution in [-0.2, 0) is 15.7 Å². The summed E-state index contributed by atoms with van der Waals surface area (Å²) in [5, 5.41) is 6.41. The van der Waals surface area contributed by atoms with Crippen LogP contribution in [-0.4, -0.2) is 48.6 Å². The largest absolute Gasteiger partial charge is 0.491 e. The van der Waals surface area contributed by atoms with E-state index in [1.807, 2.05) is 0 Å². The monoisotopic (exact) mass is 477 g/mol. The number of methoxy groups -OCH3 is 1. The quantitative estimate of drug-likeness (QED) is 0.364. The fourth-order valence-electron chi connectivity index (χ4n) is 3.01. The third kappa shape index (κ3) is 5.93. The zero-order valence-electron chi connectivity index (χ0n) is 18.4. The van der Waals surface area contributed by atoms with Crippen molar-refractivity contribution in [3.05, 3.63) is 71.5 Å². The molecular formula is C23H22F3N3O5. The van der Waals surface area contributed by atoms with Gasteiger partial charge < -0.3 is 19.5 Å². The van der Waals surface area contributed by atoms with Crippen LogP contribution in [0.3, 0.4) is 0 Å². The summed E-state index contributed by atoms with van der Waals surface area (Å²) in [7, 11) is 1.57. The lowest BCUT2D eigenvalue weighted by Crippen LogP contribution is -2.18. The van der Waals surface area contributed by atoms with Gasteiger partial charge in [0, 0.05) is 18.4 Å². The summed E-state index contributed by atoms with van der Waals surface area (Å²) in [6.07, 6.45) is -4.04. The first-order chi connectivity index (χ1) is 16.2. The molecule has 0 unspecified atom stereocenters. The maximum Gasteiger partial charge on any atom is 0.434 e. The SMILES string of the molecule is CCOC(=O)c1cnn(-c2ccc(C(=O)Nc3ccc(OCCOC)cc3)cc2)c1C(F)(F)F. The number of nitrogens with one attached hydrogen (secondary N) is 1. The van der Waals surface area contributed by atoms with Crippen LogP contribution in [0.4, 0.5) is 18.9 Å². The molecule has 8 nitrogen and oxygen atoms in total. The highest BCUT2D eigenvalue weighted by atomic mass is 19.4. The summed E-state index contributed by atoms with van der Waals surface area (Å²) >= 11 is 0. The first-order valence-electron chi connectivity index (χ1n) is 10.2. The van der Waals surface area contributed by atoms with Crippen molar-refractivity contribution >= 4 is 17.6 Å². The number of rotatable bonds is 9. The molecule has 0 saturated heterocycles. The average Bonchev–Trinajstić information content (AvgIpc) is 3.27. The van der Waals surface area contributed by atoms with Crippen LogP contribution in [0.1, 0.15) is 33.3 Å². The number of anilines is 1. The Morgan fingerprint density at radius 2 is 1.71 bits per heavy atom. The average molecular weight is 477 g/mol. The molecule has 0 aliphatic carbocycles. The lowest BCUT2D eigenvalue weighted by molar-refractivity contribution is -0.143. The van der Waals surface area contributed by atoms with Gasteiger partial charge in [-0.1, -0.05) is 0 Å². The number of halogens is 3. The van der Waals surface area contributed by atoms with Crippen molar-refractivity contribution in [2.45, 2.75) is 13.1 Å². The molecule has 3 aromatic rings. The second kappa shape index (κ2) is 10.8. The van der Waals surface area contributed by atoms with Crippen molar-refractivity contribution in [2.75, 3.05) is 32.2 Å². The smallest absolute Gasteiger partial charge is 0.434 e. The van der Waals surface area contributed by atoms with E-state index in [4.69, 9.17) is 14.2 Å². The van der Waals surface area contributed by atoms with Crippen LogP contribution in [0.15, 0.2) is 54.7 Å². The van der Waals surface area contributed by atoms with Gasteiger partial charge in [0.1, 0.15) is 17.9 Å². The number of nitrogens with zero attached hydrogens (tertiary/aromatic N) is 2. The standard InChI is InChI=1S/C23H22F3N3O5/c1-3-33-22(31)19-14-27-29(20(19)23(24,25)26)17-8-4-15(5-9-17)21(30)28-16-6-10-18(11-7-16)34-13-12-32-2/h4-11,14H,3,12-13H2,1-2H3,(H,28,30). The first-order valence-corrected chi connectivity index (χ1v) is 10.2. The molecule has 1 heterocycles. The van der Waals surface area contributed by atoms with E-state index in [1.165, 1.54) is 31.2 Å². The molecule has 180 valence electrons. The Bertz CT molecular complexity index is 1130. The van der Waals surface area contributed by atoms with E-state index >= 15 is 0 Å². The minimum Gasteiger partial charge on any atom is -0.491 e. The van der Waals surface area contributed by atoms with E-state index in [9.17, 15) is 22.8 Å². The Labute approximate surface area is 193 Å². The van der Waals surface area contributed by atoms with Crippen LogP contribution >= 0.6 is 0 Å². The number of carbonyl (C=O) groups excluding carboxylic acids is 2. The Morgan fingerprint density at radius 3 is 2.29 bits per heavy atom. The van der Waals surface area contributed by atoms with Crippen molar-refractivity contribution < 1.29 is 37.0 Å². The third-order valence-electron chi connectivity index (χ3n) is 4.58. The highest BCUT2D eigenvalue weighted by Crippen LogP contribution is 2.34. The lowest BCUT2D eigenvalue weighted by atomic mass is 10.1. The summed E-state index contributed by atoms with van der Waals surface area (Å²) in [6.45, 7) is 2.25. The van der Waals surface area contributed by atoms with Gasteiger partial charge in [-0.25, -0.2) is 9.48 Å². The Morgan fingerprint density at radius 1 is 1.03 bits per heavy atom. The van der Waals surface area contributed by atoms with Gasteiger partial charge in [0.25, 0.3) is 5.91 Å². The maximum absolute atomic E-state index is 13.6. The molecular weight excluding hydrogens is 455 g/mol. The molecule has 0 atom stereocenters.